The van der Waals surface area contributed by atoms with Crippen molar-refractivity contribution in [3.05, 3.63) is 24.8 Å². The first-order chi connectivity index (χ1) is 5.09. The van der Waals surface area contributed by atoms with Crippen molar-refractivity contribution in [3.63, 3.8) is 0 Å². The number of carboxylic acid groups (broad SMARTS) is 1. The molecular weight excluding hydrogens is 144 g/mol. The van der Waals surface area contributed by atoms with Gasteiger partial charge in [-0.1, -0.05) is 12.7 Å². The molecule has 62 valence electrons. The summed E-state index contributed by atoms with van der Waals surface area (Å²) in [5.41, 5.74) is 0.0619. The van der Waals surface area contributed by atoms with Gasteiger partial charge in [0, 0.05) is 0 Å². The number of rotatable bonds is 5. The highest BCUT2D eigenvalue weighted by atomic mass is 16.5. The van der Waals surface area contributed by atoms with Crippen LogP contribution in [0.15, 0.2) is 24.8 Å². The van der Waals surface area contributed by atoms with Gasteiger partial charge in [-0.3, -0.25) is 0 Å². The minimum atomic E-state index is -1.03. The van der Waals surface area contributed by atoms with Crippen LogP contribution in [0.1, 0.15) is 6.92 Å². The molecule has 1 N–H and O–H groups in total. The van der Waals surface area contributed by atoms with Gasteiger partial charge in [0.1, 0.15) is 0 Å². The van der Waals surface area contributed by atoms with Gasteiger partial charge in [0.2, 0.25) is 0 Å². The van der Waals surface area contributed by atoms with Crippen molar-refractivity contribution in [2.75, 3.05) is 6.61 Å². The summed E-state index contributed by atoms with van der Waals surface area (Å²) in [6.45, 7) is 8.76. The molecule has 0 bridgehead atoms. The molecule has 0 aromatic heterocycles. The van der Waals surface area contributed by atoms with Crippen LogP contribution in [0.25, 0.3) is 0 Å². The zero-order valence-electron chi connectivity index (χ0n) is 6.54. The number of hydrogen-bond acceptors (Lipinski definition) is 2. The molecule has 0 saturated heterocycles. The highest BCUT2D eigenvalue weighted by molar-refractivity contribution is 5.86. The van der Waals surface area contributed by atoms with Gasteiger partial charge in [0.15, 0.2) is 0 Å². The first kappa shape index (κ1) is 9.91. The number of ether oxygens (including phenoxy) is 1. The van der Waals surface area contributed by atoms with Crippen LogP contribution in [0.4, 0.5) is 0 Å². The third-order valence-electron chi connectivity index (χ3n) is 1.23. The van der Waals surface area contributed by atoms with E-state index in [0.29, 0.717) is 6.61 Å². The lowest BCUT2D eigenvalue weighted by Crippen LogP contribution is -2.17. The lowest BCUT2D eigenvalue weighted by molar-refractivity contribution is -0.133. The van der Waals surface area contributed by atoms with Gasteiger partial charge in [-0.15, -0.1) is 6.58 Å². The van der Waals surface area contributed by atoms with Gasteiger partial charge in [-0.2, -0.15) is 0 Å². The molecule has 1 atom stereocenters. The van der Waals surface area contributed by atoms with Crippen LogP contribution >= 0.6 is 0 Å². The molecule has 0 heterocycles. The molecule has 3 heteroatoms. The van der Waals surface area contributed by atoms with Crippen LogP contribution in [0.3, 0.4) is 0 Å². The Kier molecular flexibility index (Phi) is 4.22. The zero-order chi connectivity index (χ0) is 8.85. The quantitative estimate of drug-likeness (QED) is 0.481. The van der Waals surface area contributed by atoms with E-state index in [0.717, 1.165) is 0 Å². The van der Waals surface area contributed by atoms with E-state index in [1.165, 1.54) is 0 Å². The number of aliphatic carboxylic acids is 1. The molecule has 1 unspecified atom stereocenters. The second kappa shape index (κ2) is 4.68. The maximum absolute atomic E-state index is 10.3. The van der Waals surface area contributed by atoms with Gasteiger partial charge >= 0.3 is 5.97 Å². The van der Waals surface area contributed by atoms with Gasteiger partial charge in [-0.25, -0.2) is 4.79 Å². The average molecular weight is 156 g/mol. The predicted molar refractivity (Wildman–Crippen MR) is 42.4 cm³/mol. The van der Waals surface area contributed by atoms with Crippen LogP contribution in [-0.4, -0.2) is 23.8 Å². The summed E-state index contributed by atoms with van der Waals surface area (Å²) >= 11 is 0. The van der Waals surface area contributed by atoms with Crippen molar-refractivity contribution in [2.45, 2.75) is 13.0 Å². The SMILES string of the molecule is C=CCOC(C)C(=C)C(=O)O. The van der Waals surface area contributed by atoms with E-state index in [2.05, 4.69) is 13.2 Å². The fourth-order valence-electron chi connectivity index (χ4n) is 0.487. The van der Waals surface area contributed by atoms with Gasteiger partial charge in [0.05, 0.1) is 18.3 Å². The highest BCUT2D eigenvalue weighted by Crippen LogP contribution is 2.03. The molecule has 0 amide bonds. The molecule has 0 aliphatic rings. The lowest BCUT2D eigenvalue weighted by atomic mass is 10.2. The van der Waals surface area contributed by atoms with Gasteiger partial charge in [0.25, 0.3) is 0 Å². The average Bonchev–Trinajstić information content (AvgIpc) is 1.98. The topological polar surface area (TPSA) is 46.5 Å². The maximum atomic E-state index is 10.3. The van der Waals surface area contributed by atoms with Gasteiger partial charge in [-0.05, 0) is 6.92 Å². The molecule has 3 nitrogen and oxygen atoms in total. The first-order valence-electron chi connectivity index (χ1n) is 3.24. The Morgan fingerprint density at radius 2 is 2.36 bits per heavy atom. The molecule has 0 radical (unpaired) electrons. The van der Waals surface area contributed by atoms with Crippen molar-refractivity contribution < 1.29 is 14.6 Å². The van der Waals surface area contributed by atoms with Gasteiger partial charge < -0.3 is 9.84 Å². The summed E-state index contributed by atoms with van der Waals surface area (Å²) in [4.78, 5) is 10.3. The first-order valence-corrected chi connectivity index (χ1v) is 3.24. The third-order valence-corrected chi connectivity index (χ3v) is 1.23. The third kappa shape index (κ3) is 3.57. The Labute approximate surface area is 66.0 Å². The molecule has 0 aliphatic carbocycles. The fraction of sp³-hybridized carbons (Fsp3) is 0.375. The lowest BCUT2D eigenvalue weighted by Gasteiger charge is -2.10. The number of carbonyl (C=O) groups is 1. The van der Waals surface area contributed by atoms with Crippen LogP contribution < -0.4 is 0 Å². The summed E-state index contributed by atoms with van der Waals surface area (Å²) in [6, 6.07) is 0. The molecule has 0 aromatic rings. The summed E-state index contributed by atoms with van der Waals surface area (Å²) in [5, 5.41) is 8.45. The van der Waals surface area contributed by atoms with Crippen LogP contribution in [0.2, 0.25) is 0 Å². The molecule has 0 rings (SSSR count). The standard InChI is InChI=1S/C8H12O3/c1-4-5-11-7(3)6(2)8(9)10/h4,7H,1-2,5H2,3H3,(H,9,10). The largest absolute Gasteiger partial charge is 0.478 e. The minimum Gasteiger partial charge on any atom is -0.478 e. The maximum Gasteiger partial charge on any atom is 0.333 e. The van der Waals surface area contributed by atoms with E-state index in [1.807, 2.05) is 0 Å². The van der Waals surface area contributed by atoms with E-state index in [-0.39, 0.29) is 5.57 Å². The fourth-order valence-corrected chi connectivity index (χ4v) is 0.487. The smallest absolute Gasteiger partial charge is 0.333 e. The highest BCUT2D eigenvalue weighted by Gasteiger charge is 2.12. The predicted octanol–water partition coefficient (Wildman–Crippen LogP) is 1.22. The van der Waals surface area contributed by atoms with E-state index >= 15 is 0 Å². The van der Waals surface area contributed by atoms with E-state index in [1.54, 1.807) is 13.0 Å². The second-order valence-electron chi connectivity index (χ2n) is 2.09. The van der Waals surface area contributed by atoms with Crippen LogP contribution in [0, 0.1) is 0 Å². The van der Waals surface area contributed by atoms with Crippen molar-refractivity contribution in [3.8, 4) is 0 Å². The monoisotopic (exact) mass is 156 g/mol. The molecule has 0 spiro atoms. The molecular formula is C8H12O3. The van der Waals surface area contributed by atoms with E-state index < -0.39 is 12.1 Å². The summed E-state index contributed by atoms with van der Waals surface area (Å²) in [7, 11) is 0. The van der Waals surface area contributed by atoms with Crippen molar-refractivity contribution >= 4 is 5.97 Å². The Morgan fingerprint density at radius 1 is 1.82 bits per heavy atom. The van der Waals surface area contributed by atoms with Crippen molar-refractivity contribution in [1.29, 1.82) is 0 Å². The molecule has 0 aromatic carbocycles. The van der Waals surface area contributed by atoms with E-state index in [4.69, 9.17) is 9.84 Å². The Bertz CT molecular complexity index is 172. The van der Waals surface area contributed by atoms with Crippen molar-refractivity contribution in [2.24, 2.45) is 0 Å². The Hall–Kier alpha value is -1.09. The summed E-state index contributed by atoms with van der Waals surface area (Å²) in [6.07, 6.45) is 1.11. The molecule has 0 fully saturated rings. The van der Waals surface area contributed by atoms with Crippen LogP contribution in [-0.2, 0) is 9.53 Å². The van der Waals surface area contributed by atoms with Crippen LogP contribution in [0.5, 0.6) is 0 Å². The number of carboxylic acids is 1. The Morgan fingerprint density at radius 3 is 2.73 bits per heavy atom. The molecule has 0 aliphatic heterocycles. The zero-order valence-corrected chi connectivity index (χ0v) is 6.54. The normalized spacial score (nSPS) is 12.1. The summed E-state index contributed by atoms with van der Waals surface area (Å²) < 4.78 is 5.02. The Balaban J connectivity index is 3.82. The molecule has 11 heavy (non-hydrogen) atoms. The van der Waals surface area contributed by atoms with Crippen molar-refractivity contribution in [1.82, 2.24) is 0 Å². The minimum absolute atomic E-state index is 0.0619. The molecule has 0 saturated carbocycles. The second-order valence-corrected chi connectivity index (χ2v) is 2.09. The number of hydrogen-bond donors (Lipinski definition) is 1. The summed E-state index contributed by atoms with van der Waals surface area (Å²) in [5.74, 6) is -1.03. The van der Waals surface area contributed by atoms with E-state index in [9.17, 15) is 4.79 Å².